The van der Waals surface area contributed by atoms with E-state index in [1.54, 1.807) is 0 Å². The van der Waals surface area contributed by atoms with E-state index < -0.39 is 5.97 Å². The Kier molecular flexibility index (Phi) is 5.51. The molecule has 1 amide bonds. The summed E-state index contributed by atoms with van der Waals surface area (Å²) in [6.45, 7) is 2.12. The molecule has 3 rings (SSSR count). The number of aliphatic carboxylic acids is 1. The number of nitrogens with zero attached hydrogens (tertiary/aromatic N) is 1. The van der Waals surface area contributed by atoms with Crippen molar-refractivity contribution in [1.29, 1.82) is 0 Å². The van der Waals surface area contributed by atoms with Gasteiger partial charge in [-0.05, 0) is 42.7 Å². The molecule has 1 fully saturated rings. The molecule has 2 atom stereocenters. The van der Waals surface area contributed by atoms with Crippen LogP contribution >= 0.6 is 0 Å². The molecule has 24 heavy (non-hydrogen) atoms. The van der Waals surface area contributed by atoms with Crippen LogP contribution in [0.1, 0.15) is 49.3 Å². The van der Waals surface area contributed by atoms with Crippen LogP contribution in [0.15, 0.2) is 24.3 Å². The molecule has 2 aliphatic heterocycles. The predicted molar refractivity (Wildman–Crippen MR) is 89.6 cm³/mol. The van der Waals surface area contributed by atoms with Crippen molar-refractivity contribution in [3.8, 4) is 0 Å². The monoisotopic (exact) mass is 331 g/mol. The number of ether oxygens (including phenoxy) is 1. The molecule has 0 radical (unpaired) electrons. The first-order chi connectivity index (χ1) is 11.6. The number of carbonyl (C=O) groups is 2. The molecule has 1 aromatic rings. The Bertz CT molecular complexity index is 601. The number of rotatable bonds is 5. The number of benzene rings is 1. The SMILES string of the molecule is O=C(O)CC[C@H]1CCCN(C(=O)C[C@H]2OCCc3ccccc32)C1. The average Bonchev–Trinajstić information content (AvgIpc) is 2.60. The second-order valence-corrected chi connectivity index (χ2v) is 6.79. The van der Waals surface area contributed by atoms with Crippen LogP contribution in [0.5, 0.6) is 0 Å². The van der Waals surface area contributed by atoms with Gasteiger partial charge in [0.1, 0.15) is 0 Å². The normalized spacial score (nSPS) is 23.6. The fourth-order valence-corrected chi connectivity index (χ4v) is 3.79. The van der Waals surface area contributed by atoms with Gasteiger partial charge in [0.05, 0.1) is 19.1 Å². The Labute approximate surface area is 142 Å². The molecule has 0 saturated carbocycles. The first kappa shape index (κ1) is 17.0. The number of amides is 1. The maximum atomic E-state index is 12.7. The van der Waals surface area contributed by atoms with Gasteiger partial charge >= 0.3 is 5.97 Å². The van der Waals surface area contributed by atoms with Gasteiger partial charge in [-0.2, -0.15) is 0 Å². The Hall–Kier alpha value is -1.88. The fraction of sp³-hybridized carbons (Fsp3) is 0.579. The lowest BCUT2D eigenvalue weighted by Crippen LogP contribution is -2.41. The van der Waals surface area contributed by atoms with Crippen molar-refractivity contribution in [2.45, 2.75) is 44.6 Å². The molecular weight excluding hydrogens is 306 g/mol. The van der Waals surface area contributed by atoms with E-state index in [1.807, 2.05) is 17.0 Å². The third-order valence-electron chi connectivity index (χ3n) is 5.09. The van der Waals surface area contributed by atoms with Crippen LogP contribution < -0.4 is 0 Å². The minimum atomic E-state index is -0.759. The summed E-state index contributed by atoms with van der Waals surface area (Å²) in [6, 6.07) is 8.19. The van der Waals surface area contributed by atoms with E-state index in [2.05, 4.69) is 12.1 Å². The highest BCUT2D eigenvalue weighted by molar-refractivity contribution is 5.77. The summed E-state index contributed by atoms with van der Waals surface area (Å²) in [5.41, 5.74) is 2.41. The van der Waals surface area contributed by atoms with Gasteiger partial charge in [0.15, 0.2) is 0 Å². The Morgan fingerprint density at radius 1 is 1.29 bits per heavy atom. The maximum Gasteiger partial charge on any atom is 0.303 e. The van der Waals surface area contributed by atoms with Crippen LogP contribution in [0.4, 0.5) is 0 Å². The summed E-state index contributed by atoms with van der Waals surface area (Å²) < 4.78 is 5.85. The molecule has 0 spiro atoms. The van der Waals surface area contributed by atoms with Crippen molar-refractivity contribution in [3.63, 3.8) is 0 Å². The molecule has 130 valence electrons. The van der Waals surface area contributed by atoms with Crippen molar-refractivity contribution < 1.29 is 19.4 Å². The Morgan fingerprint density at radius 3 is 2.96 bits per heavy atom. The average molecular weight is 331 g/mol. The van der Waals surface area contributed by atoms with Crippen molar-refractivity contribution in [2.24, 2.45) is 5.92 Å². The van der Waals surface area contributed by atoms with Crippen LogP contribution in [0.25, 0.3) is 0 Å². The molecule has 5 nitrogen and oxygen atoms in total. The van der Waals surface area contributed by atoms with E-state index in [0.717, 1.165) is 31.4 Å². The fourth-order valence-electron chi connectivity index (χ4n) is 3.79. The summed E-state index contributed by atoms with van der Waals surface area (Å²) in [5, 5.41) is 8.83. The zero-order valence-electron chi connectivity index (χ0n) is 13.9. The molecule has 1 saturated heterocycles. The van der Waals surface area contributed by atoms with E-state index in [9.17, 15) is 9.59 Å². The number of carbonyl (C=O) groups excluding carboxylic acids is 1. The van der Waals surface area contributed by atoms with Crippen LogP contribution in [0.3, 0.4) is 0 Å². The van der Waals surface area contributed by atoms with Gasteiger partial charge < -0.3 is 14.7 Å². The second kappa shape index (κ2) is 7.79. The molecular formula is C19H25NO4. The Morgan fingerprint density at radius 2 is 2.12 bits per heavy atom. The molecule has 2 aliphatic rings. The Balaban J connectivity index is 1.58. The molecule has 0 aromatic heterocycles. The first-order valence-electron chi connectivity index (χ1n) is 8.82. The largest absolute Gasteiger partial charge is 0.481 e. The minimum Gasteiger partial charge on any atom is -0.481 e. The van der Waals surface area contributed by atoms with Gasteiger partial charge in [-0.25, -0.2) is 0 Å². The molecule has 0 bridgehead atoms. The van der Waals surface area contributed by atoms with E-state index in [-0.39, 0.29) is 18.4 Å². The zero-order chi connectivity index (χ0) is 16.9. The lowest BCUT2D eigenvalue weighted by molar-refractivity contribution is -0.137. The highest BCUT2D eigenvalue weighted by atomic mass is 16.5. The molecule has 2 heterocycles. The van der Waals surface area contributed by atoms with Crippen molar-refractivity contribution in [2.75, 3.05) is 19.7 Å². The number of likely N-dealkylation sites (tertiary alicyclic amines) is 1. The maximum absolute atomic E-state index is 12.7. The van der Waals surface area contributed by atoms with Crippen LogP contribution in [-0.2, 0) is 20.7 Å². The van der Waals surface area contributed by atoms with E-state index >= 15 is 0 Å². The lowest BCUT2D eigenvalue weighted by atomic mass is 9.92. The van der Waals surface area contributed by atoms with E-state index in [4.69, 9.17) is 9.84 Å². The van der Waals surface area contributed by atoms with E-state index in [1.165, 1.54) is 5.56 Å². The number of piperidine rings is 1. The first-order valence-corrected chi connectivity index (χ1v) is 8.82. The van der Waals surface area contributed by atoms with Crippen LogP contribution in [-0.4, -0.2) is 41.6 Å². The van der Waals surface area contributed by atoms with Gasteiger partial charge in [-0.3, -0.25) is 9.59 Å². The van der Waals surface area contributed by atoms with E-state index in [0.29, 0.717) is 31.9 Å². The highest BCUT2D eigenvalue weighted by Gasteiger charge is 2.28. The summed E-state index contributed by atoms with van der Waals surface area (Å²) in [5.74, 6) is -0.333. The molecule has 5 heteroatoms. The highest BCUT2D eigenvalue weighted by Crippen LogP contribution is 2.31. The van der Waals surface area contributed by atoms with Gasteiger partial charge in [0, 0.05) is 19.5 Å². The van der Waals surface area contributed by atoms with Gasteiger partial charge in [0.2, 0.25) is 5.91 Å². The summed E-state index contributed by atoms with van der Waals surface area (Å²) in [6.07, 6.45) is 3.94. The zero-order valence-corrected chi connectivity index (χ0v) is 13.9. The van der Waals surface area contributed by atoms with Gasteiger partial charge in [0.25, 0.3) is 0 Å². The number of fused-ring (bicyclic) bond motifs is 1. The summed E-state index contributed by atoms with van der Waals surface area (Å²) in [4.78, 5) is 25.3. The van der Waals surface area contributed by atoms with Gasteiger partial charge in [-0.1, -0.05) is 24.3 Å². The lowest BCUT2D eigenvalue weighted by Gasteiger charge is -2.34. The molecule has 1 N–H and O–H groups in total. The van der Waals surface area contributed by atoms with Crippen LogP contribution in [0.2, 0.25) is 0 Å². The van der Waals surface area contributed by atoms with Crippen LogP contribution in [0, 0.1) is 5.92 Å². The number of hydrogen-bond acceptors (Lipinski definition) is 3. The van der Waals surface area contributed by atoms with Gasteiger partial charge in [-0.15, -0.1) is 0 Å². The van der Waals surface area contributed by atoms with Crippen molar-refractivity contribution in [1.82, 2.24) is 4.90 Å². The predicted octanol–water partition coefficient (Wildman–Crippen LogP) is 2.79. The summed E-state index contributed by atoms with van der Waals surface area (Å²) in [7, 11) is 0. The number of carboxylic acid groups (broad SMARTS) is 1. The van der Waals surface area contributed by atoms with Crippen molar-refractivity contribution >= 4 is 11.9 Å². The summed E-state index contributed by atoms with van der Waals surface area (Å²) >= 11 is 0. The quantitative estimate of drug-likeness (QED) is 0.901. The third-order valence-corrected chi connectivity index (χ3v) is 5.09. The molecule has 0 unspecified atom stereocenters. The van der Waals surface area contributed by atoms with Crippen molar-refractivity contribution in [3.05, 3.63) is 35.4 Å². The second-order valence-electron chi connectivity index (χ2n) is 6.79. The standard InChI is InChI=1S/C19H25NO4/c21-18(20-10-3-4-14(13-20)7-8-19(22)23)12-17-16-6-2-1-5-15(16)9-11-24-17/h1-2,5-6,14,17H,3-4,7-13H2,(H,22,23)/t14-,17-/m1/s1. The topological polar surface area (TPSA) is 66.8 Å². The number of hydrogen-bond donors (Lipinski definition) is 1. The minimum absolute atomic E-state index is 0.122. The molecule has 1 aromatic carbocycles. The smallest absolute Gasteiger partial charge is 0.303 e. The molecule has 0 aliphatic carbocycles. The third kappa shape index (κ3) is 4.15. The number of carboxylic acids is 1.